The molecule has 3 aliphatic rings. The molecule has 4 N–H and O–H groups in total. The van der Waals surface area contributed by atoms with Gasteiger partial charge in [0.25, 0.3) is 20.2 Å². The number of fused-ring (bicyclic) bond motifs is 2. The van der Waals surface area contributed by atoms with Crippen molar-refractivity contribution in [3.05, 3.63) is 124 Å². The fourth-order valence-corrected chi connectivity index (χ4v) is 9.65. The van der Waals surface area contributed by atoms with Gasteiger partial charge in [-0.1, -0.05) is 38.0 Å². The van der Waals surface area contributed by atoms with Gasteiger partial charge in [-0.25, -0.2) is 0 Å². The Labute approximate surface area is 366 Å². The lowest BCUT2D eigenvalue weighted by Gasteiger charge is -2.26. The Balaban J connectivity index is 1.38. The maximum atomic E-state index is 12.1. The molecule has 0 atom stereocenters. The van der Waals surface area contributed by atoms with Gasteiger partial charge in [0, 0.05) is 47.6 Å². The van der Waals surface area contributed by atoms with Crippen molar-refractivity contribution in [1.82, 2.24) is 10.6 Å². The van der Waals surface area contributed by atoms with Gasteiger partial charge in [-0.15, -0.1) is 5.92 Å². The Morgan fingerprint density at radius 1 is 0.885 bits per heavy atom. The maximum absolute atomic E-state index is 12.1. The van der Waals surface area contributed by atoms with Crippen LogP contribution in [0.3, 0.4) is 0 Å². The molecule has 0 amide bonds. The molecular formula is C47H55N4O7S3+. The van der Waals surface area contributed by atoms with Gasteiger partial charge >= 0.3 is 0 Å². The van der Waals surface area contributed by atoms with Gasteiger partial charge in [0.1, 0.15) is 18.1 Å². The molecule has 11 nitrogen and oxygen atoms in total. The number of benzene rings is 3. The van der Waals surface area contributed by atoms with Crippen LogP contribution >= 0.6 is 12.2 Å². The zero-order chi connectivity index (χ0) is 44.3. The maximum Gasteiger partial charge on any atom is 0.294 e. The number of hydrogen-bond donors (Lipinski definition) is 4. The lowest BCUT2D eigenvalue weighted by atomic mass is 9.81. The van der Waals surface area contributed by atoms with Crippen molar-refractivity contribution in [2.24, 2.45) is 0 Å². The van der Waals surface area contributed by atoms with Crippen LogP contribution in [0.4, 0.5) is 11.4 Å². The molecule has 3 aromatic rings. The third-order valence-corrected chi connectivity index (χ3v) is 13.7. The van der Waals surface area contributed by atoms with E-state index in [0.717, 1.165) is 82.1 Å². The Morgan fingerprint density at radius 3 is 2.20 bits per heavy atom. The number of allylic oxidation sites excluding steroid dienone is 7. The van der Waals surface area contributed by atoms with E-state index in [1.54, 1.807) is 31.2 Å². The molecule has 1 aliphatic carbocycles. The van der Waals surface area contributed by atoms with Crippen LogP contribution in [-0.4, -0.2) is 67.5 Å². The van der Waals surface area contributed by atoms with Gasteiger partial charge in [0.2, 0.25) is 5.69 Å². The van der Waals surface area contributed by atoms with Gasteiger partial charge in [-0.2, -0.15) is 21.4 Å². The highest BCUT2D eigenvalue weighted by Crippen LogP contribution is 2.49. The molecule has 2 aliphatic heterocycles. The van der Waals surface area contributed by atoms with Crippen LogP contribution in [0, 0.1) is 11.8 Å². The fraction of sp³-hybridized carbons (Fsp3) is 0.362. The highest BCUT2D eigenvalue weighted by molar-refractivity contribution is 7.86. The third-order valence-electron chi connectivity index (χ3n) is 11.7. The topological polar surface area (TPSA) is 148 Å². The van der Waals surface area contributed by atoms with Gasteiger partial charge in [-0.05, 0) is 149 Å². The van der Waals surface area contributed by atoms with E-state index in [9.17, 15) is 25.9 Å². The smallest absolute Gasteiger partial charge is 0.294 e. The first-order valence-corrected chi connectivity index (χ1v) is 23.8. The molecule has 0 spiro atoms. The highest BCUT2D eigenvalue weighted by atomic mass is 32.2. The summed E-state index contributed by atoms with van der Waals surface area (Å²) in [6.45, 7) is 16.6. The van der Waals surface area contributed by atoms with Crippen molar-refractivity contribution >= 4 is 54.7 Å². The highest BCUT2D eigenvalue weighted by Gasteiger charge is 2.45. The number of ether oxygens (including phenoxy) is 1. The summed E-state index contributed by atoms with van der Waals surface area (Å²) < 4.78 is 77.2. The number of hydrogen-bond acceptors (Lipinski definition) is 7. The molecule has 2 heterocycles. The summed E-state index contributed by atoms with van der Waals surface area (Å²) in [5.41, 5.74) is 7.37. The summed E-state index contributed by atoms with van der Waals surface area (Å²) >= 11 is 5.36. The van der Waals surface area contributed by atoms with Gasteiger partial charge in [0.05, 0.1) is 21.8 Å². The number of nitrogens with one attached hydrogen (secondary N) is 2. The molecule has 0 aromatic heterocycles. The Morgan fingerprint density at radius 2 is 1.56 bits per heavy atom. The summed E-state index contributed by atoms with van der Waals surface area (Å²) in [5.74, 6) is 7.21. The predicted octanol–water partition coefficient (Wildman–Crippen LogP) is 8.31. The summed E-state index contributed by atoms with van der Waals surface area (Å²) in [6.07, 6.45) is 11.6. The molecule has 3 aromatic carbocycles. The average Bonchev–Trinajstić information content (AvgIpc) is 3.56. The second-order valence-corrected chi connectivity index (χ2v) is 19.5. The van der Waals surface area contributed by atoms with E-state index in [1.807, 2.05) is 24.3 Å². The first-order valence-electron chi connectivity index (χ1n) is 20.5. The average molecular weight is 884 g/mol. The molecule has 322 valence electrons. The van der Waals surface area contributed by atoms with Crippen molar-refractivity contribution in [2.45, 2.75) is 94.8 Å². The summed E-state index contributed by atoms with van der Waals surface area (Å²) in [4.78, 5) is 1.90. The van der Waals surface area contributed by atoms with E-state index in [2.05, 4.69) is 97.8 Å². The minimum absolute atomic E-state index is 0.135. The number of nitrogens with zero attached hydrogens (tertiary/aromatic N) is 2. The van der Waals surface area contributed by atoms with E-state index in [4.69, 9.17) is 17.0 Å². The van der Waals surface area contributed by atoms with E-state index in [-0.39, 0.29) is 9.79 Å². The Kier molecular flexibility index (Phi) is 13.5. The molecule has 14 heteroatoms. The van der Waals surface area contributed by atoms with Crippen molar-refractivity contribution in [1.29, 1.82) is 0 Å². The minimum Gasteiger partial charge on any atom is -0.457 e. The molecule has 0 saturated heterocycles. The van der Waals surface area contributed by atoms with Crippen molar-refractivity contribution in [2.75, 3.05) is 31.1 Å². The largest absolute Gasteiger partial charge is 0.457 e. The first kappa shape index (κ1) is 45.5. The molecule has 0 bridgehead atoms. The monoisotopic (exact) mass is 883 g/mol. The van der Waals surface area contributed by atoms with Gasteiger partial charge in [0.15, 0.2) is 10.8 Å². The van der Waals surface area contributed by atoms with Crippen LogP contribution in [0.1, 0.15) is 84.4 Å². The number of thiocarbonyl (C=S) groups is 1. The van der Waals surface area contributed by atoms with Crippen molar-refractivity contribution in [3.63, 3.8) is 0 Å². The number of likely N-dealkylation sites (N-methyl/N-ethyl adjacent to an activating group) is 1. The SMILES string of the molecule is CC#CCNC(=S)NCCc1ccc(OC2=C(/C=C/C3=[N+](CC)c4ccc(S(=O)(=O)O)cc4C3(C)C)CCCC2=C/C=C2/N(CC)c3ccc(S(=O)(=O)O)cc3C2(C)C)cc1. The molecule has 0 fully saturated rings. The van der Waals surface area contributed by atoms with Gasteiger partial charge in [-0.3, -0.25) is 9.11 Å². The zero-order valence-electron chi connectivity index (χ0n) is 35.8. The number of rotatable bonds is 13. The zero-order valence-corrected chi connectivity index (χ0v) is 38.2. The second-order valence-electron chi connectivity index (χ2n) is 16.2. The van der Waals surface area contributed by atoms with Crippen LogP contribution in [0.15, 0.2) is 117 Å². The van der Waals surface area contributed by atoms with Crippen molar-refractivity contribution in [3.8, 4) is 17.6 Å². The van der Waals surface area contributed by atoms with Crippen LogP contribution < -0.4 is 20.3 Å². The minimum atomic E-state index is -4.38. The molecule has 0 radical (unpaired) electrons. The number of anilines is 1. The fourth-order valence-electron chi connectivity index (χ4n) is 8.46. The lowest BCUT2D eigenvalue weighted by Crippen LogP contribution is -2.36. The summed E-state index contributed by atoms with van der Waals surface area (Å²) in [7, 11) is -8.77. The second kappa shape index (κ2) is 18.1. The van der Waals surface area contributed by atoms with Crippen LogP contribution in [0.25, 0.3) is 0 Å². The molecule has 61 heavy (non-hydrogen) atoms. The van der Waals surface area contributed by atoms with E-state index >= 15 is 0 Å². The van der Waals surface area contributed by atoms with E-state index in [0.29, 0.717) is 37.0 Å². The molecule has 6 rings (SSSR count). The molecular weight excluding hydrogens is 829 g/mol. The third kappa shape index (κ3) is 9.72. The molecule has 0 unspecified atom stereocenters. The first-order chi connectivity index (χ1) is 28.8. The normalized spacial score (nSPS) is 18.3. The summed E-state index contributed by atoms with van der Waals surface area (Å²) in [5, 5.41) is 6.85. The Bertz CT molecular complexity index is 2680. The standard InChI is InChI=1S/C47H54N4O7S3/c1-8-11-28-48-45(59)49-29-27-32-15-19-35(20-16-32)58-44-33(17-25-42-46(4,5)38-30-36(60(52,53)54)21-23-40(38)50(42)9-2)13-12-14-34(44)18-26-43-47(6,7)39-31-37(61(55,56)57)22-24-41(39)51(43)10-3/h15-26,30-31H,9-10,12-14,27-29H2,1-7H3,(H3-,48,49,52,53,54,55,56,57,59)/p+1. The van der Waals surface area contributed by atoms with Gasteiger partial charge < -0.3 is 20.3 Å². The lowest BCUT2D eigenvalue weighted by molar-refractivity contribution is -0.433. The Hall–Kier alpha value is -5.04. The predicted molar refractivity (Wildman–Crippen MR) is 246 cm³/mol. The van der Waals surface area contributed by atoms with Crippen LogP contribution in [0.2, 0.25) is 0 Å². The summed E-state index contributed by atoms with van der Waals surface area (Å²) in [6, 6.07) is 17.6. The molecule has 0 saturated carbocycles. The quantitative estimate of drug-likeness (QED) is 0.0569. The van der Waals surface area contributed by atoms with Crippen molar-refractivity contribution < 1.29 is 35.3 Å². The van der Waals surface area contributed by atoms with E-state index in [1.165, 1.54) is 12.1 Å². The van der Waals surface area contributed by atoms with E-state index < -0.39 is 31.1 Å². The van der Waals surface area contributed by atoms with Crippen LogP contribution in [-0.2, 0) is 37.5 Å². The van der Waals surface area contributed by atoms with Crippen LogP contribution in [0.5, 0.6) is 5.75 Å².